The number of esters is 1. The molecular weight excluding hydrogens is 382 g/mol. The first-order chi connectivity index (χ1) is 14.4. The van der Waals surface area contributed by atoms with Crippen molar-refractivity contribution in [3.8, 4) is 0 Å². The summed E-state index contributed by atoms with van der Waals surface area (Å²) in [6.07, 6.45) is 10.6. The van der Waals surface area contributed by atoms with Crippen LogP contribution in [0.5, 0.6) is 0 Å². The van der Waals surface area contributed by atoms with Gasteiger partial charge in [-0.2, -0.15) is 0 Å². The molecule has 0 radical (unpaired) electrons. The van der Waals surface area contributed by atoms with Crippen LogP contribution in [0.3, 0.4) is 0 Å². The fourth-order valence-electron chi connectivity index (χ4n) is 5.82. The van der Waals surface area contributed by atoms with E-state index in [4.69, 9.17) is 18.9 Å². The van der Waals surface area contributed by atoms with Crippen LogP contribution in [0.25, 0.3) is 0 Å². The monoisotopic (exact) mass is 421 g/mol. The Morgan fingerprint density at radius 2 is 1.93 bits per heavy atom. The molecule has 170 valence electrons. The molecule has 2 aliphatic heterocycles. The second-order valence-corrected chi connectivity index (χ2v) is 10.1. The van der Waals surface area contributed by atoms with Gasteiger partial charge in [0.2, 0.25) is 0 Å². The third kappa shape index (κ3) is 4.62. The topological polar surface area (TPSA) is 72.6 Å². The lowest BCUT2D eigenvalue weighted by atomic mass is 9.68. The van der Waals surface area contributed by atoms with E-state index in [1.807, 2.05) is 0 Å². The Kier molecular flexibility index (Phi) is 6.59. The number of nitrogens with one attached hydrogen (secondary N) is 1. The molecule has 1 spiro atoms. The summed E-state index contributed by atoms with van der Waals surface area (Å²) in [6, 6.07) is 0.446. The molecule has 0 unspecified atom stereocenters. The van der Waals surface area contributed by atoms with Gasteiger partial charge in [-0.15, -0.1) is 0 Å². The highest BCUT2D eigenvalue weighted by Gasteiger charge is 2.72. The first-order valence-electron chi connectivity index (χ1n) is 11.8. The molecule has 4 aliphatic rings. The van der Waals surface area contributed by atoms with E-state index in [2.05, 4.69) is 32.2 Å². The van der Waals surface area contributed by atoms with E-state index in [0.29, 0.717) is 6.04 Å². The van der Waals surface area contributed by atoms with Crippen molar-refractivity contribution in [2.45, 2.75) is 108 Å². The lowest BCUT2D eigenvalue weighted by Gasteiger charge is -2.42. The second-order valence-electron chi connectivity index (χ2n) is 10.1. The molecule has 2 aliphatic carbocycles. The van der Waals surface area contributed by atoms with Gasteiger partial charge in [-0.3, -0.25) is 4.79 Å². The molecule has 1 N–H and O–H groups in total. The Hall–Kier alpha value is -0.950. The fourth-order valence-corrected chi connectivity index (χ4v) is 5.82. The van der Waals surface area contributed by atoms with Crippen LogP contribution < -0.4 is 5.32 Å². The van der Waals surface area contributed by atoms with E-state index in [0.717, 1.165) is 38.7 Å². The van der Waals surface area contributed by atoms with Crippen molar-refractivity contribution in [2.75, 3.05) is 20.3 Å². The highest BCUT2D eigenvalue weighted by Crippen LogP contribution is 2.59. The third-order valence-corrected chi connectivity index (χ3v) is 7.66. The van der Waals surface area contributed by atoms with Crippen LogP contribution in [-0.2, 0) is 23.7 Å². The molecule has 4 fully saturated rings. The van der Waals surface area contributed by atoms with Gasteiger partial charge in [0, 0.05) is 13.2 Å². The average Bonchev–Trinajstić information content (AvgIpc) is 3.64. The molecule has 6 atom stereocenters. The number of rotatable bonds is 8. The van der Waals surface area contributed by atoms with Crippen molar-refractivity contribution in [3.05, 3.63) is 11.6 Å². The van der Waals surface area contributed by atoms with Crippen molar-refractivity contribution in [1.29, 1.82) is 0 Å². The van der Waals surface area contributed by atoms with Gasteiger partial charge in [0.15, 0.2) is 0 Å². The molecular formula is C24H39NO5. The van der Waals surface area contributed by atoms with Crippen molar-refractivity contribution in [1.82, 2.24) is 5.32 Å². The molecule has 6 nitrogen and oxygen atoms in total. The van der Waals surface area contributed by atoms with Gasteiger partial charge in [0.05, 0.1) is 25.2 Å². The Bertz CT molecular complexity index is 650. The zero-order chi connectivity index (χ0) is 21.4. The summed E-state index contributed by atoms with van der Waals surface area (Å²) >= 11 is 0. The van der Waals surface area contributed by atoms with Gasteiger partial charge >= 0.3 is 5.97 Å². The third-order valence-electron chi connectivity index (χ3n) is 7.66. The Morgan fingerprint density at radius 3 is 2.57 bits per heavy atom. The zero-order valence-electron chi connectivity index (χ0n) is 19.1. The van der Waals surface area contributed by atoms with Crippen molar-refractivity contribution >= 4 is 5.97 Å². The standard InChI is InChI=1S/C24H39NO5/c1-16(2)10-11-19-23(3,30-19)22-21(27-4)18(12-13-24(22)15-28-24)29-20(26)14-25-17-8-6-5-7-9-17/h10,17-19,21-22,25H,5-9,11-15H2,1-4H3/t18-,19-,21-,22-,23+,24+/m1/s1. The fraction of sp³-hybridized carbons (Fsp3) is 0.875. The molecule has 0 amide bonds. The number of allylic oxidation sites excluding steroid dienone is 1. The van der Waals surface area contributed by atoms with Crippen molar-refractivity contribution in [3.63, 3.8) is 0 Å². The maximum absolute atomic E-state index is 12.6. The van der Waals surface area contributed by atoms with Crippen LogP contribution in [-0.4, -0.2) is 61.8 Å². The van der Waals surface area contributed by atoms with E-state index in [-0.39, 0.29) is 47.9 Å². The minimum atomic E-state index is -0.297. The summed E-state index contributed by atoms with van der Waals surface area (Å²) in [4.78, 5) is 12.6. The number of carbonyl (C=O) groups excluding carboxylic acids is 1. The summed E-state index contributed by atoms with van der Waals surface area (Å²) in [5.74, 6) is -0.106. The molecule has 0 aromatic heterocycles. The largest absolute Gasteiger partial charge is 0.459 e. The van der Waals surface area contributed by atoms with Crippen LogP contribution in [0.4, 0.5) is 0 Å². The van der Waals surface area contributed by atoms with Gasteiger partial charge < -0.3 is 24.3 Å². The SMILES string of the molecule is CO[C@@H]1[C@H](OC(=O)CNC2CCCCC2)CC[C@]2(CO2)[C@H]1[C@@]1(C)O[C@@H]1CC=C(C)C. The lowest BCUT2D eigenvalue weighted by molar-refractivity contribution is -0.171. The maximum atomic E-state index is 12.6. The molecule has 4 rings (SSSR count). The Morgan fingerprint density at radius 1 is 1.20 bits per heavy atom. The average molecular weight is 422 g/mol. The van der Waals surface area contributed by atoms with Crippen LogP contribution in [0, 0.1) is 5.92 Å². The first kappa shape index (κ1) is 22.3. The van der Waals surface area contributed by atoms with Crippen molar-refractivity contribution < 1.29 is 23.7 Å². The van der Waals surface area contributed by atoms with E-state index in [9.17, 15) is 4.79 Å². The van der Waals surface area contributed by atoms with Crippen molar-refractivity contribution in [2.24, 2.45) is 5.92 Å². The Labute approximate surface area is 181 Å². The quantitative estimate of drug-likeness (QED) is 0.367. The Balaban J connectivity index is 1.38. The molecule has 2 saturated heterocycles. The number of hydrogen-bond acceptors (Lipinski definition) is 6. The molecule has 6 heteroatoms. The summed E-state index contributed by atoms with van der Waals surface area (Å²) in [7, 11) is 1.72. The summed E-state index contributed by atoms with van der Waals surface area (Å²) < 4.78 is 24.1. The zero-order valence-corrected chi connectivity index (χ0v) is 19.1. The molecule has 0 aromatic carbocycles. The number of hydrogen-bond donors (Lipinski definition) is 1. The van der Waals surface area contributed by atoms with Gasteiger partial charge in [-0.1, -0.05) is 30.9 Å². The maximum Gasteiger partial charge on any atom is 0.320 e. The van der Waals surface area contributed by atoms with E-state index in [1.54, 1.807) is 7.11 Å². The number of methoxy groups -OCH3 is 1. The van der Waals surface area contributed by atoms with Crippen LogP contribution >= 0.6 is 0 Å². The van der Waals surface area contributed by atoms with E-state index >= 15 is 0 Å². The minimum Gasteiger partial charge on any atom is -0.459 e. The normalized spacial score (nSPS) is 40.8. The van der Waals surface area contributed by atoms with Crippen LogP contribution in [0.15, 0.2) is 11.6 Å². The highest BCUT2D eigenvalue weighted by atomic mass is 16.6. The second kappa shape index (κ2) is 8.89. The number of ether oxygens (including phenoxy) is 4. The lowest BCUT2D eigenvalue weighted by Crippen LogP contribution is -2.56. The summed E-state index contributed by atoms with van der Waals surface area (Å²) in [5.41, 5.74) is 0.821. The number of carbonyl (C=O) groups is 1. The van der Waals surface area contributed by atoms with E-state index < -0.39 is 0 Å². The summed E-state index contributed by atoms with van der Waals surface area (Å²) in [6.45, 7) is 7.42. The van der Waals surface area contributed by atoms with Crippen LogP contribution in [0.2, 0.25) is 0 Å². The predicted octanol–water partition coefficient (Wildman–Crippen LogP) is 3.53. The molecule has 30 heavy (non-hydrogen) atoms. The molecule has 0 aromatic rings. The smallest absolute Gasteiger partial charge is 0.320 e. The number of epoxide rings is 2. The van der Waals surface area contributed by atoms with Crippen LogP contribution in [0.1, 0.15) is 72.1 Å². The van der Waals surface area contributed by atoms with Gasteiger partial charge in [-0.05, 0) is 52.9 Å². The van der Waals surface area contributed by atoms with Gasteiger partial charge in [0.25, 0.3) is 0 Å². The highest BCUT2D eigenvalue weighted by molar-refractivity contribution is 5.72. The molecule has 2 heterocycles. The first-order valence-corrected chi connectivity index (χ1v) is 11.8. The minimum absolute atomic E-state index is 0.0726. The van der Waals surface area contributed by atoms with Gasteiger partial charge in [0.1, 0.15) is 23.4 Å². The predicted molar refractivity (Wildman–Crippen MR) is 114 cm³/mol. The summed E-state index contributed by atoms with van der Waals surface area (Å²) in [5, 5.41) is 3.39. The molecule has 0 bridgehead atoms. The molecule has 2 saturated carbocycles. The van der Waals surface area contributed by atoms with E-state index in [1.165, 1.54) is 24.8 Å². The van der Waals surface area contributed by atoms with Gasteiger partial charge in [-0.25, -0.2) is 0 Å².